The van der Waals surface area contributed by atoms with Gasteiger partial charge < -0.3 is 10.3 Å². The van der Waals surface area contributed by atoms with Gasteiger partial charge in [-0.05, 0) is 35.6 Å². The van der Waals surface area contributed by atoms with Crippen LogP contribution in [0.4, 0.5) is 5.69 Å². The molecule has 0 fully saturated rings. The van der Waals surface area contributed by atoms with E-state index < -0.39 is 0 Å². The summed E-state index contributed by atoms with van der Waals surface area (Å²) >= 11 is 0. The molecule has 1 amide bonds. The highest BCUT2D eigenvalue weighted by Gasteiger charge is 2.22. The van der Waals surface area contributed by atoms with Crippen LogP contribution in [0.1, 0.15) is 34.1 Å². The van der Waals surface area contributed by atoms with Crippen LogP contribution in [0.2, 0.25) is 0 Å². The Morgan fingerprint density at radius 3 is 2.74 bits per heavy atom. The molecule has 0 aliphatic heterocycles. The Bertz CT molecular complexity index is 578. The van der Waals surface area contributed by atoms with Crippen LogP contribution in [-0.4, -0.2) is 10.9 Å². The molecular weight excluding hydrogens is 236 g/mol. The zero-order valence-electron chi connectivity index (χ0n) is 12.1. The van der Waals surface area contributed by atoms with E-state index in [9.17, 15) is 4.79 Å². The molecule has 0 aliphatic rings. The van der Waals surface area contributed by atoms with Crippen molar-refractivity contribution >= 4 is 22.5 Å². The number of carbonyl (C=O) groups is 1. The molecule has 3 nitrogen and oxygen atoms in total. The van der Waals surface area contributed by atoms with Gasteiger partial charge in [-0.2, -0.15) is 0 Å². The molecule has 0 saturated heterocycles. The fraction of sp³-hybridized carbons (Fsp3) is 0.438. The van der Waals surface area contributed by atoms with E-state index in [0.29, 0.717) is 12.3 Å². The van der Waals surface area contributed by atoms with Gasteiger partial charge in [0.25, 0.3) is 0 Å². The van der Waals surface area contributed by atoms with Crippen molar-refractivity contribution in [3.63, 3.8) is 0 Å². The fourth-order valence-electron chi connectivity index (χ4n) is 1.93. The van der Waals surface area contributed by atoms with Crippen LogP contribution in [0.3, 0.4) is 0 Å². The summed E-state index contributed by atoms with van der Waals surface area (Å²) in [6.07, 6.45) is 2.45. The minimum atomic E-state index is 0.0808. The highest BCUT2D eigenvalue weighted by Crippen LogP contribution is 2.28. The number of fused-ring (bicyclic) bond motifs is 1. The zero-order valence-corrected chi connectivity index (χ0v) is 12.1. The third-order valence-corrected chi connectivity index (χ3v) is 3.81. The van der Waals surface area contributed by atoms with E-state index in [-0.39, 0.29) is 11.3 Å². The largest absolute Gasteiger partial charge is 0.361 e. The molecule has 1 atom stereocenters. The minimum Gasteiger partial charge on any atom is -0.361 e. The number of anilines is 1. The number of aromatic nitrogens is 1. The second-order valence-corrected chi connectivity index (χ2v) is 6.30. The lowest BCUT2D eigenvalue weighted by Crippen LogP contribution is -2.23. The molecular formula is C16H22N2O. The average molecular weight is 258 g/mol. The lowest BCUT2D eigenvalue weighted by Gasteiger charge is -2.26. The lowest BCUT2D eigenvalue weighted by atomic mass is 9.80. The fourth-order valence-corrected chi connectivity index (χ4v) is 1.93. The second-order valence-electron chi connectivity index (χ2n) is 6.30. The lowest BCUT2D eigenvalue weighted by molar-refractivity contribution is -0.117. The maximum atomic E-state index is 12.0. The normalized spacial score (nSPS) is 13.5. The Morgan fingerprint density at radius 2 is 2.05 bits per heavy atom. The monoisotopic (exact) mass is 258 g/mol. The summed E-state index contributed by atoms with van der Waals surface area (Å²) < 4.78 is 0. The molecule has 0 aliphatic carbocycles. The molecule has 2 N–H and O–H groups in total. The van der Waals surface area contributed by atoms with E-state index >= 15 is 0 Å². The number of nitrogens with one attached hydrogen (secondary N) is 2. The van der Waals surface area contributed by atoms with Gasteiger partial charge in [-0.1, -0.05) is 27.7 Å². The van der Waals surface area contributed by atoms with Gasteiger partial charge >= 0.3 is 0 Å². The minimum absolute atomic E-state index is 0.0808. The van der Waals surface area contributed by atoms with Crippen molar-refractivity contribution < 1.29 is 4.79 Å². The maximum Gasteiger partial charge on any atom is 0.224 e. The van der Waals surface area contributed by atoms with Gasteiger partial charge in [0.2, 0.25) is 5.91 Å². The molecule has 3 heteroatoms. The quantitative estimate of drug-likeness (QED) is 0.852. The number of hydrogen-bond donors (Lipinski definition) is 2. The number of hydrogen-bond acceptors (Lipinski definition) is 1. The average Bonchev–Trinajstić information content (AvgIpc) is 2.74. The first kappa shape index (κ1) is 13.7. The molecule has 0 spiro atoms. The predicted molar refractivity (Wildman–Crippen MR) is 80.2 cm³/mol. The van der Waals surface area contributed by atoms with Gasteiger partial charge in [0.05, 0.1) is 0 Å². The van der Waals surface area contributed by atoms with E-state index in [1.165, 1.54) is 0 Å². The third-order valence-electron chi connectivity index (χ3n) is 3.81. The van der Waals surface area contributed by atoms with Gasteiger partial charge in [0.1, 0.15) is 0 Å². The number of aromatic amines is 1. The van der Waals surface area contributed by atoms with Crippen molar-refractivity contribution in [3.05, 3.63) is 30.5 Å². The Hall–Kier alpha value is -1.77. The topological polar surface area (TPSA) is 44.9 Å². The molecule has 0 bridgehead atoms. The molecule has 1 unspecified atom stereocenters. The van der Waals surface area contributed by atoms with E-state index in [1.54, 1.807) is 0 Å². The summed E-state index contributed by atoms with van der Waals surface area (Å²) in [5.74, 6) is 0.431. The van der Waals surface area contributed by atoms with E-state index in [2.05, 4.69) is 38.0 Å². The smallest absolute Gasteiger partial charge is 0.224 e. The molecule has 0 radical (unpaired) electrons. The van der Waals surface area contributed by atoms with Crippen LogP contribution in [0, 0.1) is 11.3 Å². The standard InChI is InChI=1S/C16H22N2O/c1-11(16(2,3)4)9-15(19)18-13-5-6-14-12(10-13)7-8-17-14/h5-8,10-11,17H,9H2,1-4H3,(H,18,19). The molecule has 1 aromatic heterocycles. The van der Waals surface area contributed by atoms with E-state index in [0.717, 1.165) is 16.6 Å². The van der Waals surface area contributed by atoms with E-state index in [1.807, 2.05) is 30.5 Å². The predicted octanol–water partition coefficient (Wildman–Crippen LogP) is 4.18. The number of H-pyrrole nitrogens is 1. The molecule has 2 aromatic rings. The number of benzene rings is 1. The number of amides is 1. The molecule has 19 heavy (non-hydrogen) atoms. The van der Waals surface area contributed by atoms with Crippen LogP contribution < -0.4 is 5.32 Å². The Balaban J connectivity index is 2.02. The van der Waals surface area contributed by atoms with Gasteiger partial charge in [-0.3, -0.25) is 4.79 Å². The highest BCUT2D eigenvalue weighted by atomic mass is 16.1. The van der Waals surface area contributed by atoms with Crippen LogP contribution in [-0.2, 0) is 4.79 Å². The number of carbonyl (C=O) groups excluding carboxylic acids is 1. The summed E-state index contributed by atoms with van der Waals surface area (Å²) in [6.45, 7) is 8.61. The van der Waals surface area contributed by atoms with Crippen molar-refractivity contribution in [2.24, 2.45) is 11.3 Å². The molecule has 102 valence electrons. The summed E-state index contributed by atoms with van der Waals surface area (Å²) in [7, 11) is 0. The molecule has 1 aromatic carbocycles. The first-order valence-corrected chi connectivity index (χ1v) is 6.73. The van der Waals surface area contributed by atoms with Crippen LogP contribution in [0.25, 0.3) is 10.9 Å². The Kier molecular flexibility index (Phi) is 3.65. The van der Waals surface area contributed by atoms with Gasteiger partial charge in [0, 0.05) is 29.2 Å². The Morgan fingerprint density at radius 1 is 1.32 bits per heavy atom. The SMILES string of the molecule is CC(CC(=O)Nc1ccc2[nH]ccc2c1)C(C)(C)C. The van der Waals surface area contributed by atoms with Crippen molar-refractivity contribution in [1.29, 1.82) is 0 Å². The zero-order chi connectivity index (χ0) is 14.0. The first-order chi connectivity index (χ1) is 8.86. The maximum absolute atomic E-state index is 12.0. The summed E-state index contributed by atoms with van der Waals surface area (Å²) in [5, 5.41) is 4.09. The van der Waals surface area contributed by atoms with Gasteiger partial charge in [-0.15, -0.1) is 0 Å². The van der Waals surface area contributed by atoms with E-state index in [4.69, 9.17) is 0 Å². The van der Waals surface area contributed by atoms with Crippen LogP contribution >= 0.6 is 0 Å². The second kappa shape index (κ2) is 5.08. The molecule has 0 saturated carbocycles. The van der Waals surface area contributed by atoms with Crippen molar-refractivity contribution in [1.82, 2.24) is 4.98 Å². The van der Waals surface area contributed by atoms with Gasteiger partial charge in [0.15, 0.2) is 0 Å². The molecule has 2 rings (SSSR count). The molecule has 1 heterocycles. The van der Waals surface area contributed by atoms with Gasteiger partial charge in [-0.25, -0.2) is 0 Å². The van der Waals surface area contributed by atoms with Crippen LogP contribution in [0.15, 0.2) is 30.5 Å². The van der Waals surface area contributed by atoms with Crippen molar-refractivity contribution in [2.45, 2.75) is 34.1 Å². The number of rotatable bonds is 3. The Labute approximate surface area is 114 Å². The highest BCUT2D eigenvalue weighted by molar-refractivity contribution is 5.93. The first-order valence-electron chi connectivity index (χ1n) is 6.73. The van der Waals surface area contributed by atoms with Crippen LogP contribution in [0.5, 0.6) is 0 Å². The summed E-state index contributed by atoms with van der Waals surface area (Å²) in [5.41, 5.74) is 2.10. The third kappa shape index (κ3) is 3.37. The van der Waals surface area contributed by atoms with Crippen molar-refractivity contribution in [3.8, 4) is 0 Å². The summed E-state index contributed by atoms with van der Waals surface area (Å²) in [6, 6.07) is 7.91. The van der Waals surface area contributed by atoms with Crippen molar-refractivity contribution in [2.75, 3.05) is 5.32 Å². The summed E-state index contributed by atoms with van der Waals surface area (Å²) in [4.78, 5) is 15.2.